The number of rotatable bonds is 7. The van der Waals surface area contributed by atoms with Crippen molar-refractivity contribution in [2.24, 2.45) is 13.0 Å². The molecule has 252 valence electrons. The summed E-state index contributed by atoms with van der Waals surface area (Å²) < 4.78 is 12.2. The van der Waals surface area contributed by atoms with E-state index in [1.54, 1.807) is 51.6 Å². The van der Waals surface area contributed by atoms with Crippen LogP contribution in [0.1, 0.15) is 58.7 Å². The molecule has 4 rings (SSSR count). The number of methoxy groups -OCH3 is 2. The smallest absolute Gasteiger partial charge is 0.276 e. The van der Waals surface area contributed by atoms with Gasteiger partial charge in [0.05, 0.1) is 25.8 Å². The second kappa shape index (κ2) is 16.3. The summed E-state index contributed by atoms with van der Waals surface area (Å²) in [5.74, 6) is -0.326. The molecule has 1 aliphatic rings. The molecule has 0 spiro atoms. The van der Waals surface area contributed by atoms with E-state index in [9.17, 15) is 19.2 Å². The topological polar surface area (TPSA) is 144 Å². The van der Waals surface area contributed by atoms with E-state index < -0.39 is 29.8 Å². The molecule has 0 radical (unpaired) electrons. The third-order valence-corrected chi connectivity index (χ3v) is 8.14. The van der Waals surface area contributed by atoms with Crippen molar-refractivity contribution in [2.45, 2.75) is 51.6 Å². The number of fused-ring (bicyclic) bond motifs is 2. The summed E-state index contributed by atoms with van der Waals surface area (Å²) in [6, 6.07) is 10.9. The molecule has 0 saturated carbocycles. The molecule has 0 saturated heterocycles. The standard InChI is InChI=1S/C34H43ClN6O6/c1-21(2)15-25-18-41(34(45)31-27(35)19-40(3)39-31)20-30(42)36-14-6-7-23-17-24(10-13-29(23)47-5)32(43)38-28(33(44)37-25)16-22-8-11-26(46-4)12-9-22/h8-13,17,19,21,25,28H,6-7,14-16,18,20H2,1-5H3,(H,36,42)(H,37,44)(H,38,43)/t25-,28-/m0/s1. The predicted octanol–water partition coefficient (Wildman–Crippen LogP) is 3.17. The van der Waals surface area contributed by atoms with Gasteiger partial charge in [-0.15, -0.1) is 0 Å². The van der Waals surface area contributed by atoms with E-state index in [-0.39, 0.29) is 42.1 Å². The maximum Gasteiger partial charge on any atom is 0.276 e. The zero-order chi connectivity index (χ0) is 34.1. The number of carbonyl (C=O) groups excluding carboxylic acids is 4. The summed E-state index contributed by atoms with van der Waals surface area (Å²) in [5, 5.41) is 13.3. The van der Waals surface area contributed by atoms with Gasteiger partial charge in [0.2, 0.25) is 11.8 Å². The minimum atomic E-state index is -0.954. The Morgan fingerprint density at radius 2 is 1.81 bits per heavy atom. The van der Waals surface area contributed by atoms with Crippen LogP contribution in [-0.4, -0.2) is 84.2 Å². The number of hydrogen-bond donors (Lipinski definition) is 3. The zero-order valence-corrected chi connectivity index (χ0v) is 28.2. The van der Waals surface area contributed by atoms with Crippen LogP contribution in [0.2, 0.25) is 5.02 Å². The second-order valence-electron chi connectivity index (χ2n) is 12.1. The van der Waals surface area contributed by atoms with Gasteiger partial charge in [-0.05, 0) is 66.6 Å². The van der Waals surface area contributed by atoms with Gasteiger partial charge in [-0.3, -0.25) is 23.9 Å². The lowest BCUT2D eigenvalue weighted by molar-refractivity contribution is -0.123. The Hall–Kier alpha value is -4.58. The monoisotopic (exact) mass is 666 g/mol. The summed E-state index contributed by atoms with van der Waals surface area (Å²) >= 11 is 6.33. The number of aryl methyl sites for hydroxylation is 2. The lowest BCUT2D eigenvalue weighted by Gasteiger charge is -2.30. The fourth-order valence-corrected chi connectivity index (χ4v) is 5.85. The summed E-state index contributed by atoms with van der Waals surface area (Å²) in [6.07, 6.45) is 3.29. The first-order chi connectivity index (χ1) is 22.5. The second-order valence-corrected chi connectivity index (χ2v) is 12.5. The molecule has 13 heteroatoms. The summed E-state index contributed by atoms with van der Waals surface area (Å²) in [4.78, 5) is 55.9. The van der Waals surface area contributed by atoms with Crippen LogP contribution in [0.25, 0.3) is 0 Å². The van der Waals surface area contributed by atoms with E-state index in [0.717, 1.165) is 11.1 Å². The Morgan fingerprint density at radius 3 is 2.45 bits per heavy atom. The number of nitrogens with one attached hydrogen (secondary N) is 3. The molecule has 1 aromatic heterocycles. The highest BCUT2D eigenvalue weighted by molar-refractivity contribution is 6.33. The molecule has 4 amide bonds. The van der Waals surface area contributed by atoms with E-state index in [4.69, 9.17) is 21.1 Å². The molecule has 12 nitrogen and oxygen atoms in total. The van der Waals surface area contributed by atoms with Gasteiger partial charge in [-0.2, -0.15) is 5.10 Å². The number of carbonyl (C=O) groups is 4. The summed E-state index contributed by atoms with van der Waals surface area (Å²) in [7, 11) is 4.78. The van der Waals surface area contributed by atoms with Crippen molar-refractivity contribution in [1.29, 1.82) is 0 Å². The molecule has 1 aliphatic heterocycles. The van der Waals surface area contributed by atoms with Crippen LogP contribution in [0.3, 0.4) is 0 Å². The fourth-order valence-electron chi connectivity index (χ4n) is 5.59. The Bertz CT molecular complexity index is 1570. The van der Waals surface area contributed by atoms with Crippen LogP contribution < -0.4 is 25.4 Å². The molecule has 0 fully saturated rings. The van der Waals surface area contributed by atoms with E-state index in [1.807, 2.05) is 26.0 Å². The van der Waals surface area contributed by atoms with Crippen molar-refractivity contribution in [3.63, 3.8) is 0 Å². The molecule has 2 aromatic carbocycles. The van der Waals surface area contributed by atoms with Crippen molar-refractivity contribution in [2.75, 3.05) is 33.9 Å². The van der Waals surface area contributed by atoms with Gasteiger partial charge in [0.25, 0.3) is 11.8 Å². The van der Waals surface area contributed by atoms with Crippen molar-refractivity contribution < 1.29 is 28.7 Å². The number of hydrogen-bond acceptors (Lipinski definition) is 7. The van der Waals surface area contributed by atoms with E-state index in [1.165, 1.54) is 15.8 Å². The highest BCUT2D eigenvalue weighted by atomic mass is 35.5. The average molecular weight is 667 g/mol. The van der Waals surface area contributed by atoms with Crippen LogP contribution in [-0.2, 0) is 29.5 Å². The lowest BCUT2D eigenvalue weighted by atomic mass is 10.00. The van der Waals surface area contributed by atoms with Gasteiger partial charge in [0.1, 0.15) is 17.5 Å². The normalized spacial score (nSPS) is 18.2. The first-order valence-electron chi connectivity index (χ1n) is 15.6. The van der Waals surface area contributed by atoms with E-state index in [0.29, 0.717) is 42.9 Å². The van der Waals surface area contributed by atoms with Gasteiger partial charge >= 0.3 is 0 Å². The minimum absolute atomic E-state index is 0.0125. The number of nitrogens with zero attached hydrogens (tertiary/aromatic N) is 3. The molecule has 2 atom stereocenters. The third-order valence-electron chi connectivity index (χ3n) is 7.86. The number of ether oxygens (including phenoxy) is 2. The zero-order valence-electron chi connectivity index (χ0n) is 27.5. The minimum Gasteiger partial charge on any atom is -0.497 e. The first-order valence-corrected chi connectivity index (χ1v) is 16.0. The molecule has 0 unspecified atom stereocenters. The van der Waals surface area contributed by atoms with Gasteiger partial charge < -0.3 is 30.3 Å². The highest BCUT2D eigenvalue weighted by Crippen LogP contribution is 2.22. The molecule has 0 aliphatic carbocycles. The number of aromatic nitrogens is 2. The molecule has 2 bridgehead atoms. The van der Waals surface area contributed by atoms with E-state index >= 15 is 0 Å². The Labute approximate surface area is 280 Å². The van der Waals surface area contributed by atoms with Gasteiger partial charge in [-0.25, -0.2) is 0 Å². The molecule has 47 heavy (non-hydrogen) atoms. The highest BCUT2D eigenvalue weighted by Gasteiger charge is 2.30. The maximum atomic E-state index is 14.0. The van der Waals surface area contributed by atoms with Crippen molar-refractivity contribution >= 4 is 35.2 Å². The Morgan fingerprint density at radius 1 is 1.06 bits per heavy atom. The Kier molecular flexibility index (Phi) is 12.2. The van der Waals surface area contributed by atoms with Crippen molar-refractivity contribution in [3.05, 3.63) is 76.1 Å². The Balaban J connectivity index is 1.71. The molecular weight excluding hydrogens is 624 g/mol. The third kappa shape index (κ3) is 9.71. The number of halogens is 1. The van der Waals surface area contributed by atoms with Crippen molar-refractivity contribution in [3.8, 4) is 11.5 Å². The predicted molar refractivity (Wildman–Crippen MR) is 178 cm³/mol. The van der Waals surface area contributed by atoms with Crippen molar-refractivity contribution in [1.82, 2.24) is 30.6 Å². The largest absolute Gasteiger partial charge is 0.497 e. The first kappa shape index (κ1) is 35.3. The fraction of sp³-hybridized carbons (Fsp3) is 0.441. The van der Waals surface area contributed by atoms with Crippen LogP contribution in [0.4, 0.5) is 0 Å². The van der Waals surface area contributed by atoms with Crippen LogP contribution in [0.15, 0.2) is 48.7 Å². The van der Waals surface area contributed by atoms with Gasteiger partial charge in [0.15, 0.2) is 5.69 Å². The maximum absolute atomic E-state index is 14.0. The molecule has 2 heterocycles. The number of benzene rings is 2. The quantitative estimate of drug-likeness (QED) is 0.352. The summed E-state index contributed by atoms with van der Waals surface area (Å²) in [6.45, 7) is 4.09. The van der Waals surface area contributed by atoms with E-state index in [2.05, 4.69) is 21.0 Å². The molecular formula is C34H43ClN6O6. The van der Waals surface area contributed by atoms with Crippen LogP contribution >= 0.6 is 11.6 Å². The summed E-state index contributed by atoms with van der Waals surface area (Å²) in [5.41, 5.74) is 1.99. The SMILES string of the molecule is COc1ccc(C[C@@H]2NC(=O)c3ccc(OC)c(c3)CCCNC(=O)CN(C(=O)c3nn(C)cc3Cl)C[C@H](CC(C)C)NC2=O)cc1. The lowest BCUT2D eigenvalue weighted by Crippen LogP contribution is -2.54. The molecule has 3 N–H and O–H groups in total. The van der Waals surface area contributed by atoms with Crippen LogP contribution in [0.5, 0.6) is 11.5 Å². The van der Waals surface area contributed by atoms with Gasteiger partial charge in [0, 0.05) is 44.4 Å². The molecule has 3 aromatic rings. The average Bonchev–Trinajstić information content (AvgIpc) is 3.38. The number of amides is 4. The van der Waals surface area contributed by atoms with Gasteiger partial charge in [-0.1, -0.05) is 37.6 Å². The van der Waals surface area contributed by atoms with Crippen LogP contribution in [0, 0.1) is 5.92 Å².